The molecule has 0 aliphatic carbocycles. The molecule has 1 heterocycles. The van der Waals surface area contributed by atoms with Crippen molar-refractivity contribution >= 4 is 11.9 Å². The predicted molar refractivity (Wildman–Crippen MR) is 111 cm³/mol. The number of aliphatic carboxylic acids is 1. The number of carboxylic acids is 1. The van der Waals surface area contributed by atoms with E-state index >= 15 is 0 Å². The number of hydrogen-bond donors (Lipinski definition) is 2. The number of hydrogen-bond acceptors (Lipinski definition) is 5. The molecule has 2 N–H and O–H groups in total. The van der Waals surface area contributed by atoms with E-state index in [2.05, 4.69) is 15.0 Å². The lowest BCUT2D eigenvalue weighted by atomic mass is 10.1. The molecule has 0 radical (unpaired) electrons. The number of halogens is 3. The molecule has 172 valence electrons. The van der Waals surface area contributed by atoms with Gasteiger partial charge in [0, 0.05) is 29.9 Å². The van der Waals surface area contributed by atoms with Crippen LogP contribution < -0.4 is 14.8 Å². The molecule has 0 saturated heterocycles. The first kappa shape index (κ1) is 23.6. The van der Waals surface area contributed by atoms with Crippen molar-refractivity contribution in [2.45, 2.75) is 25.4 Å². The van der Waals surface area contributed by atoms with Gasteiger partial charge in [-0.1, -0.05) is 24.3 Å². The Hall–Kier alpha value is -4.08. The largest absolute Gasteiger partial charge is 0.573 e. The number of carbonyl (C=O) groups is 2. The number of benzene rings is 2. The number of pyridine rings is 1. The summed E-state index contributed by atoms with van der Waals surface area (Å²) < 4.78 is 46.2. The molecule has 0 fully saturated rings. The first-order chi connectivity index (χ1) is 15.7. The second-order valence-corrected chi connectivity index (χ2v) is 6.94. The average Bonchev–Trinajstić information content (AvgIpc) is 2.78. The molecule has 0 spiro atoms. The van der Waals surface area contributed by atoms with E-state index in [1.807, 2.05) is 6.07 Å². The summed E-state index contributed by atoms with van der Waals surface area (Å²) >= 11 is 0. The second-order valence-electron chi connectivity index (χ2n) is 6.94. The molecule has 7 nitrogen and oxygen atoms in total. The number of carbonyl (C=O) groups excluding carboxylic acids is 1. The molecule has 1 aromatic heterocycles. The molecule has 33 heavy (non-hydrogen) atoms. The van der Waals surface area contributed by atoms with Gasteiger partial charge >= 0.3 is 12.3 Å². The van der Waals surface area contributed by atoms with Crippen LogP contribution in [0.1, 0.15) is 21.5 Å². The van der Waals surface area contributed by atoms with Gasteiger partial charge in [0.15, 0.2) is 0 Å². The van der Waals surface area contributed by atoms with Crippen LogP contribution in [0, 0.1) is 0 Å². The van der Waals surface area contributed by atoms with Crippen molar-refractivity contribution in [3.63, 3.8) is 0 Å². The molecular formula is C23H19F3N2O5. The van der Waals surface area contributed by atoms with Gasteiger partial charge in [0.25, 0.3) is 5.91 Å². The molecular weight excluding hydrogens is 441 g/mol. The smallest absolute Gasteiger partial charge is 0.489 e. The maximum absolute atomic E-state index is 12.6. The van der Waals surface area contributed by atoms with Crippen LogP contribution in [-0.2, 0) is 17.8 Å². The molecule has 1 unspecified atom stereocenters. The highest BCUT2D eigenvalue weighted by atomic mass is 19.4. The Morgan fingerprint density at radius 2 is 1.76 bits per heavy atom. The van der Waals surface area contributed by atoms with Gasteiger partial charge in [-0.25, -0.2) is 4.79 Å². The highest BCUT2D eigenvalue weighted by Gasteiger charge is 2.31. The second kappa shape index (κ2) is 10.5. The fraction of sp³-hybridized carbons (Fsp3) is 0.174. The van der Waals surface area contributed by atoms with Crippen molar-refractivity contribution < 1.29 is 37.3 Å². The molecule has 1 atom stereocenters. The fourth-order valence-electron chi connectivity index (χ4n) is 2.88. The van der Waals surface area contributed by atoms with Gasteiger partial charge in [0.05, 0.1) is 0 Å². The lowest BCUT2D eigenvalue weighted by molar-refractivity contribution is -0.274. The normalized spacial score (nSPS) is 12.0. The van der Waals surface area contributed by atoms with Crippen molar-refractivity contribution in [3.05, 3.63) is 89.7 Å². The standard InChI is InChI=1S/C23H19F3N2O5/c24-23(25,26)33-18-8-6-15(7-9-18)11-20(22(30)31)28-21(29)17-4-1-5-19(12-17)32-14-16-3-2-10-27-13-16/h1-10,12-13,20H,11,14H2,(H,28,29)(H,30,31). The molecule has 0 saturated carbocycles. The van der Waals surface area contributed by atoms with Crippen LogP contribution in [0.2, 0.25) is 0 Å². The topological polar surface area (TPSA) is 97.8 Å². The van der Waals surface area contributed by atoms with Crippen molar-refractivity contribution in [2.24, 2.45) is 0 Å². The van der Waals surface area contributed by atoms with E-state index < -0.39 is 30.0 Å². The number of carboxylic acid groups (broad SMARTS) is 1. The maximum atomic E-state index is 12.6. The Morgan fingerprint density at radius 3 is 2.39 bits per heavy atom. The van der Waals surface area contributed by atoms with Crippen molar-refractivity contribution in [1.82, 2.24) is 10.3 Å². The van der Waals surface area contributed by atoms with Gasteiger partial charge < -0.3 is 19.9 Å². The van der Waals surface area contributed by atoms with E-state index in [9.17, 15) is 27.9 Å². The van der Waals surface area contributed by atoms with E-state index in [1.165, 1.54) is 24.3 Å². The van der Waals surface area contributed by atoms with Crippen LogP contribution in [0.15, 0.2) is 73.1 Å². The molecule has 0 aliphatic rings. The van der Waals surface area contributed by atoms with Gasteiger partial charge in [-0.15, -0.1) is 13.2 Å². The van der Waals surface area contributed by atoms with E-state index in [1.54, 1.807) is 30.6 Å². The Morgan fingerprint density at radius 1 is 1.00 bits per heavy atom. The summed E-state index contributed by atoms with van der Waals surface area (Å²) in [4.78, 5) is 28.2. The zero-order chi connectivity index (χ0) is 23.8. The molecule has 1 amide bonds. The Bertz CT molecular complexity index is 1090. The van der Waals surface area contributed by atoms with Crippen LogP contribution >= 0.6 is 0 Å². The minimum atomic E-state index is -4.82. The number of rotatable bonds is 9. The molecule has 3 aromatic rings. The van der Waals surface area contributed by atoms with Gasteiger partial charge in [-0.2, -0.15) is 0 Å². The number of ether oxygens (including phenoxy) is 2. The fourth-order valence-corrected chi connectivity index (χ4v) is 2.88. The SMILES string of the molecule is O=C(NC(Cc1ccc(OC(F)(F)F)cc1)C(=O)O)c1cccc(OCc2cccnc2)c1. The van der Waals surface area contributed by atoms with Gasteiger partial charge in [-0.05, 0) is 42.0 Å². The van der Waals surface area contributed by atoms with Crippen molar-refractivity contribution in [1.29, 1.82) is 0 Å². The Kier molecular flexibility index (Phi) is 7.50. The highest BCUT2D eigenvalue weighted by Crippen LogP contribution is 2.23. The van der Waals surface area contributed by atoms with Crippen molar-refractivity contribution in [3.8, 4) is 11.5 Å². The summed E-state index contributed by atoms with van der Waals surface area (Å²) in [6, 6.07) is 13.3. The minimum Gasteiger partial charge on any atom is -0.489 e. The summed E-state index contributed by atoms with van der Waals surface area (Å²) in [5.41, 5.74) is 1.44. The predicted octanol–water partition coefficient (Wildman–Crippen LogP) is 3.98. The number of aromatic nitrogens is 1. The Balaban J connectivity index is 1.62. The molecule has 0 bridgehead atoms. The van der Waals surface area contributed by atoms with Crippen LogP contribution in [0.3, 0.4) is 0 Å². The van der Waals surface area contributed by atoms with E-state index in [-0.39, 0.29) is 18.6 Å². The lowest BCUT2D eigenvalue weighted by Crippen LogP contribution is -2.42. The van der Waals surface area contributed by atoms with Crippen LogP contribution in [0.4, 0.5) is 13.2 Å². The number of alkyl halides is 3. The van der Waals surface area contributed by atoms with Crippen LogP contribution in [-0.4, -0.2) is 34.4 Å². The summed E-state index contributed by atoms with van der Waals surface area (Å²) in [6.07, 6.45) is -1.67. The van der Waals surface area contributed by atoms with Gasteiger partial charge in [-0.3, -0.25) is 9.78 Å². The summed E-state index contributed by atoms with van der Waals surface area (Å²) in [7, 11) is 0. The molecule has 10 heteroatoms. The van der Waals surface area contributed by atoms with E-state index in [4.69, 9.17) is 4.74 Å². The number of amides is 1. The van der Waals surface area contributed by atoms with Crippen molar-refractivity contribution in [2.75, 3.05) is 0 Å². The third kappa shape index (κ3) is 7.53. The zero-order valence-electron chi connectivity index (χ0n) is 17.1. The minimum absolute atomic E-state index is 0.134. The number of nitrogens with one attached hydrogen (secondary N) is 1. The van der Waals surface area contributed by atoms with Crippen LogP contribution in [0.25, 0.3) is 0 Å². The van der Waals surface area contributed by atoms with E-state index in [0.717, 1.165) is 17.7 Å². The first-order valence-corrected chi connectivity index (χ1v) is 9.70. The van der Waals surface area contributed by atoms with E-state index in [0.29, 0.717) is 11.3 Å². The zero-order valence-corrected chi connectivity index (χ0v) is 17.1. The summed E-state index contributed by atoms with van der Waals surface area (Å²) in [5, 5.41) is 11.9. The monoisotopic (exact) mass is 460 g/mol. The first-order valence-electron chi connectivity index (χ1n) is 9.70. The molecule has 3 rings (SSSR count). The molecule has 2 aromatic carbocycles. The highest BCUT2D eigenvalue weighted by molar-refractivity contribution is 5.97. The van der Waals surface area contributed by atoms with Crippen LogP contribution in [0.5, 0.6) is 11.5 Å². The average molecular weight is 460 g/mol. The van der Waals surface area contributed by atoms with Gasteiger partial charge in [0.1, 0.15) is 24.1 Å². The summed E-state index contributed by atoms with van der Waals surface area (Å²) in [5.74, 6) is -1.93. The number of nitrogens with zero attached hydrogens (tertiary/aromatic N) is 1. The summed E-state index contributed by atoms with van der Waals surface area (Å²) in [6.45, 7) is 0.241. The third-order valence-corrected chi connectivity index (χ3v) is 4.42. The third-order valence-electron chi connectivity index (χ3n) is 4.42. The lowest BCUT2D eigenvalue weighted by Gasteiger charge is -2.16. The van der Waals surface area contributed by atoms with Gasteiger partial charge in [0.2, 0.25) is 0 Å². The quantitative estimate of drug-likeness (QED) is 0.501. The maximum Gasteiger partial charge on any atom is 0.573 e. The Labute approximate surface area is 186 Å². The molecule has 0 aliphatic heterocycles.